The van der Waals surface area contributed by atoms with Gasteiger partial charge in [-0.3, -0.25) is 14.4 Å². The zero-order valence-corrected chi connectivity index (χ0v) is 15.4. The van der Waals surface area contributed by atoms with Crippen molar-refractivity contribution in [1.29, 1.82) is 0 Å². The highest BCUT2D eigenvalue weighted by molar-refractivity contribution is 5.90. The molecular weight excluding hydrogens is 334 g/mol. The number of carbonyl (C=O) groups is 3. The number of hydrogen-bond acceptors (Lipinski definition) is 4. The van der Waals surface area contributed by atoms with Crippen LogP contribution in [-0.4, -0.2) is 77.9 Å². The molecule has 0 aliphatic carbocycles. The van der Waals surface area contributed by atoms with Crippen LogP contribution in [0, 0.1) is 0 Å². The van der Waals surface area contributed by atoms with Gasteiger partial charge in [-0.05, 0) is 19.4 Å². The van der Waals surface area contributed by atoms with Crippen LogP contribution in [0.5, 0.6) is 0 Å². The molecule has 1 aromatic rings. The van der Waals surface area contributed by atoms with E-state index in [1.54, 1.807) is 16.8 Å². The van der Waals surface area contributed by atoms with Crippen LogP contribution in [0.4, 0.5) is 0 Å². The lowest BCUT2D eigenvalue weighted by Crippen LogP contribution is -2.59. The molecule has 140 valence electrons. The summed E-state index contributed by atoms with van der Waals surface area (Å²) in [6, 6.07) is 8.89. The maximum atomic E-state index is 13.2. The van der Waals surface area contributed by atoms with Gasteiger partial charge in [0.1, 0.15) is 6.61 Å². The molecule has 0 saturated carbocycles. The van der Waals surface area contributed by atoms with Gasteiger partial charge in [0.05, 0.1) is 12.6 Å². The van der Waals surface area contributed by atoms with Crippen LogP contribution in [-0.2, 0) is 19.1 Å². The van der Waals surface area contributed by atoms with Crippen LogP contribution in [0.2, 0.25) is 0 Å². The standard InChI is InChI=1S/C19H25N3O4/c1-13(2)22-16(24)12-26-18(17(22)14-7-5-4-6-8-14)19(25)21-10-9-20(3)15(23)11-21/h4-8,13,17-18H,9-12H2,1-3H3/t17-,18+/m1/s1. The quantitative estimate of drug-likeness (QED) is 0.795. The average Bonchev–Trinajstić information content (AvgIpc) is 2.63. The second kappa shape index (κ2) is 7.45. The van der Waals surface area contributed by atoms with Gasteiger partial charge >= 0.3 is 0 Å². The zero-order chi connectivity index (χ0) is 18.8. The Morgan fingerprint density at radius 1 is 1.12 bits per heavy atom. The van der Waals surface area contributed by atoms with Crippen molar-refractivity contribution in [3.8, 4) is 0 Å². The highest BCUT2D eigenvalue weighted by atomic mass is 16.5. The Kier molecular flexibility index (Phi) is 5.27. The highest BCUT2D eigenvalue weighted by Gasteiger charge is 2.45. The molecule has 2 heterocycles. The molecule has 2 fully saturated rings. The lowest BCUT2D eigenvalue weighted by molar-refractivity contribution is -0.174. The molecule has 2 aliphatic rings. The van der Waals surface area contributed by atoms with Gasteiger partial charge in [0.2, 0.25) is 11.8 Å². The summed E-state index contributed by atoms with van der Waals surface area (Å²) in [5, 5.41) is 0. The molecule has 0 spiro atoms. The number of morpholine rings is 1. The summed E-state index contributed by atoms with van der Waals surface area (Å²) in [5.74, 6) is -0.459. The fourth-order valence-corrected chi connectivity index (χ4v) is 3.56. The van der Waals surface area contributed by atoms with Crippen LogP contribution >= 0.6 is 0 Å². The first-order valence-electron chi connectivity index (χ1n) is 8.90. The van der Waals surface area contributed by atoms with Crippen LogP contribution in [0.15, 0.2) is 30.3 Å². The molecule has 0 bridgehead atoms. The second-order valence-electron chi connectivity index (χ2n) is 7.06. The smallest absolute Gasteiger partial charge is 0.254 e. The van der Waals surface area contributed by atoms with E-state index in [9.17, 15) is 14.4 Å². The van der Waals surface area contributed by atoms with Gasteiger partial charge in [-0.1, -0.05) is 30.3 Å². The van der Waals surface area contributed by atoms with Crippen molar-refractivity contribution in [3.63, 3.8) is 0 Å². The van der Waals surface area contributed by atoms with Crippen molar-refractivity contribution in [2.75, 3.05) is 33.3 Å². The number of rotatable bonds is 3. The van der Waals surface area contributed by atoms with Crippen LogP contribution in [0.3, 0.4) is 0 Å². The van der Waals surface area contributed by atoms with Crippen LogP contribution in [0.25, 0.3) is 0 Å². The van der Waals surface area contributed by atoms with Gasteiger partial charge in [0.25, 0.3) is 5.91 Å². The van der Waals surface area contributed by atoms with Crippen molar-refractivity contribution in [2.45, 2.75) is 32.0 Å². The summed E-state index contributed by atoms with van der Waals surface area (Å²) < 4.78 is 5.71. The van der Waals surface area contributed by atoms with Crippen molar-refractivity contribution in [3.05, 3.63) is 35.9 Å². The molecule has 7 nitrogen and oxygen atoms in total. The van der Waals surface area contributed by atoms with E-state index in [1.165, 1.54) is 4.90 Å². The van der Waals surface area contributed by atoms with Crippen LogP contribution < -0.4 is 0 Å². The summed E-state index contributed by atoms with van der Waals surface area (Å²) in [4.78, 5) is 42.5. The summed E-state index contributed by atoms with van der Waals surface area (Å²) in [6.45, 7) is 4.75. The first kappa shape index (κ1) is 18.4. The third-order valence-electron chi connectivity index (χ3n) is 4.97. The van der Waals surface area contributed by atoms with Crippen molar-refractivity contribution < 1.29 is 19.1 Å². The van der Waals surface area contributed by atoms with E-state index < -0.39 is 12.1 Å². The summed E-state index contributed by atoms with van der Waals surface area (Å²) in [5.41, 5.74) is 0.855. The molecule has 7 heteroatoms. The molecule has 0 radical (unpaired) electrons. The number of benzene rings is 1. The molecule has 26 heavy (non-hydrogen) atoms. The molecule has 0 N–H and O–H groups in total. The number of ether oxygens (including phenoxy) is 1. The topological polar surface area (TPSA) is 70.2 Å². The van der Waals surface area contributed by atoms with Crippen molar-refractivity contribution >= 4 is 17.7 Å². The Hall–Kier alpha value is -2.41. The molecular formula is C19H25N3O4. The van der Waals surface area contributed by atoms with E-state index in [4.69, 9.17) is 4.74 Å². The number of carbonyl (C=O) groups excluding carboxylic acids is 3. The minimum atomic E-state index is -0.811. The van der Waals surface area contributed by atoms with Gasteiger partial charge in [-0.25, -0.2) is 0 Å². The van der Waals surface area contributed by atoms with Crippen LogP contribution in [0.1, 0.15) is 25.5 Å². The molecule has 2 atom stereocenters. The van der Waals surface area contributed by atoms with E-state index in [0.717, 1.165) is 5.56 Å². The van der Waals surface area contributed by atoms with Gasteiger partial charge in [-0.15, -0.1) is 0 Å². The fraction of sp³-hybridized carbons (Fsp3) is 0.526. The monoisotopic (exact) mass is 359 g/mol. The first-order chi connectivity index (χ1) is 12.4. The maximum Gasteiger partial charge on any atom is 0.254 e. The molecule has 0 unspecified atom stereocenters. The average molecular weight is 359 g/mol. The molecule has 3 rings (SSSR count). The fourth-order valence-electron chi connectivity index (χ4n) is 3.56. The molecule has 1 aromatic carbocycles. The lowest BCUT2D eigenvalue weighted by Gasteiger charge is -2.44. The number of likely N-dealkylation sites (N-methyl/N-ethyl adjacent to an activating group) is 1. The van der Waals surface area contributed by atoms with E-state index in [0.29, 0.717) is 13.1 Å². The van der Waals surface area contributed by atoms with Gasteiger partial charge in [0.15, 0.2) is 6.10 Å². The van der Waals surface area contributed by atoms with E-state index in [-0.39, 0.29) is 36.9 Å². The molecule has 3 amide bonds. The van der Waals surface area contributed by atoms with E-state index in [1.807, 2.05) is 44.2 Å². The molecule has 2 saturated heterocycles. The highest BCUT2D eigenvalue weighted by Crippen LogP contribution is 2.33. The summed E-state index contributed by atoms with van der Waals surface area (Å²) in [6.07, 6.45) is -0.811. The zero-order valence-electron chi connectivity index (χ0n) is 15.4. The van der Waals surface area contributed by atoms with Crippen molar-refractivity contribution in [2.24, 2.45) is 0 Å². The number of amides is 3. The number of hydrogen-bond donors (Lipinski definition) is 0. The Bertz CT molecular complexity index is 691. The summed E-state index contributed by atoms with van der Waals surface area (Å²) >= 11 is 0. The first-order valence-corrected chi connectivity index (χ1v) is 8.90. The van der Waals surface area contributed by atoms with Gasteiger partial charge in [0, 0.05) is 26.2 Å². The molecule has 2 aliphatic heterocycles. The Morgan fingerprint density at radius 3 is 2.42 bits per heavy atom. The Labute approximate surface area is 153 Å². The third-order valence-corrected chi connectivity index (χ3v) is 4.97. The van der Waals surface area contributed by atoms with Gasteiger partial charge in [-0.2, -0.15) is 0 Å². The second-order valence-corrected chi connectivity index (χ2v) is 7.06. The summed E-state index contributed by atoms with van der Waals surface area (Å²) in [7, 11) is 1.73. The Balaban J connectivity index is 1.91. The minimum absolute atomic E-state index is 0.0479. The van der Waals surface area contributed by atoms with Crippen molar-refractivity contribution in [1.82, 2.24) is 14.7 Å². The number of nitrogens with zero attached hydrogens (tertiary/aromatic N) is 3. The minimum Gasteiger partial charge on any atom is -0.356 e. The maximum absolute atomic E-state index is 13.2. The SMILES string of the molecule is CC(C)N1C(=O)CO[C@H](C(=O)N2CCN(C)C(=O)C2)[C@H]1c1ccccc1. The predicted molar refractivity (Wildman–Crippen MR) is 95.1 cm³/mol. The Morgan fingerprint density at radius 2 is 1.81 bits per heavy atom. The lowest BCUT2D eigenvalue weighted by atomic mass is 9.95. The molecule has 0 aromatic heterocycles. The number of piperazine rings is 1. The predicted octanol–water partition coefficient (Wildman–Crippen LogP) is 0.664. The van der Waals surface area contributed by atoms with E-state index in [2.05, 4.69) is 0 Å². The third kappa shape index (κ3) is 3.44. The largest absolute Gasteiger partial charge is 0.356 e. The van der Waals surface area contributed by atoms with E-state index >= 15 is 0 Å². The normalized spacial score (nSPS) is 24.4. The van der Waals surface area contributed by atoms with Gasteiger partial charge < -0.3 is 19.4 Å².